The molecular weight excluding hydrogens is 248 g/mol. The fourth-order valence-electron chi connectivity index (χ4n) is 2.91. The Labute approximate surface area is 120 Å². The third kappa shape index (κ3) is 2.65. The molecular formula is C17H22N2O. The van der Waals surface area contributed by atoms with Crippen LogP contribution in [0.2, 0.25) is 0 Å². The molecule has 2 aromatic rings. The van der Waals surface area contributed by atoms with E-state index in [1.807, 2.05) is 31.2 Å². The maximum absolute atomic E-state index is 6.42. The maximum atomic E-state index is 6.42. The van der Waals surface area contributed by atoms with E-state index in [1.165, 1.54) is 24.6 Å². The van der Waals surface area contributed by atoms with Crippen LogP contribution in [0.5, 0.6) is 5.75 Å². The van der Waals surface area contributed by atoms with Crippen LogP contribution in [0.3, 0.4) is 0 Å². The summed E-state index contributed by atoms with van der Waals surface area (Å²) >= 11 is 0. The second kappa shape index (κ2) is 5.43. The summed E-state index contributed by atoms with van der Waals surface area (Å²) in [6, 6.07) is 14.4. The van der Waals surface area contributed by atoms with E-state index in [0.29, 0.717) is 0 Å². The summed E-state index contributed by atoms with van der Waals surface area (Å²) < 4.78 is 6.16. The lowest BCUT2D eigenvalue weighted by Gasteiger charge is -2.40. The lowest BCUT2D eigenvalue weighted by Crippen LogP contribution is -2.59. The van der Waals surface area contributed by atoms with Gasteiger partial charge in [-0.3, -0.25) is 10.6 Å². The Morgan fingerprint density at radius 3 is 2.50 bits per heavy atom. The highest BCUT2D eigenvalue weighted by Gasteiger charge is 2.30. The Bertz CT molecular complexity index is 583. The summed E-state index contributed by atoms with van der Waals surface area (Å²) in [5.74, 6) is 0.114. The third-order valence-electron chi connectivity index (χ3n) is 4.05. The van der Waals surface area contributed by atoms with E-state index < -0.39 is 5.85 Å². The minimum atomic E-state index is -0.745. The average Bonchev–Trinajstić information content (AvgIpc) is 2.48. The summed E-state index contributed by atoms with van der Waals surface area (Å²) in [5, 5.41) is 2.29. The number of hydrogen-bond acceptors (Lipinski definition) is 3. The molecule has 2 aromatic carbocycles. The van der Waals surface area contributed by atoms with Crippen LogP contribution < -0.4 is 10.5 Å². The molecule has 3 heteroatoms. The maximum Gasteiger partial charge on any atom is 0.214 e. The summed E-state index contributed by atoms with van der Waals surface area (Å²) in [6.45, 7) is 3.98. The number of rotatable bonds is 3. The molecule has 1 aliphatic heterocycles. The van der Waals surface area contributed by atoms with E-state index in [9.17, 15) is 0 Å². The second-order valence-electron chi connectivity index (χ2n) is 5.68. The van der Waals surface area contributed by atoms with Crippen molar-refractivity contribution < 1.29 is 4.74 Å². The zero-order valence-corrected chi connectivity index (χ0v) is 12.0. The third-order valence-corrected chi connectivity index (χ3v) is 4.05. The molecule has 0 radical (unpaired) electrons. The molecule has 1 saturated heterocycles. The summed E-state index contributed by atoms with van der Waals surface area (Å²) in [6.07, 6.45) is 3.69. The SMILES string of the molecule is CC(N)(Oc1cccc2ccccc12)N1CCCCC1. The predicted octanol–water partition coefficient (Wildman–Crippen LogP) is 3.34. The fourth-order valence-corrected chi connectivity index (χ4v) is 2.91. The molecule has 0 bridgehead atoms. The van der Waals surface area contributed by atoms with Gasteiger partial charge in [-0.05, 0) is 24.3 Å². The van der Waals surface area contributed by atoms with E-state index >= 15 is 0 Å². The molecule has 2 N–H and O–H groups in total. The highest BCUT2D eigenvalue weighted by atomic mass is 16.5. The van der Waals surface area contributed by atoms with Gasteiger partial charge in [0, 0.05) is 25.4 Å². The van der Waals surface area contributed by atoms with Crippen molar-refractivity contribution in [3.05, 3.63) is 42.5 Å². The lowest BCUT2D eigenvalue weighted by molar-refractivity contribution is -0.0740. The minimum absolute atomic E-state index is 0.745. The smallest absolute Gasteiger partial charge is 0.214 e. The van der Waals surface area contributed by atoms with Crippen molar-refractivity contribution in [1.82, 2.24) is 4.90 Å². The molecule has 0 saturated carbocycles. The van der Waals surface area contributed by atoms with Gasteiger partial charge in [0.1, 0.15) is 5.75 Å². The lowest BCUT2D eigenvalue weighted by atomic mass is 10.1. The van der Waals surface area contributed by atoms with Crippen molar-refractivity contribution in [1.29, 1.82) is 0 Å². The number of likely N-dealkylation sites (tertiary alicyclic amines) is 1. The van der Waals surface area contributed by atoms with Crippen LogP contribution in [0.15, 0.2) is 42.5 Å². The quantitative estimate of drug-likeness (QED) is 0.869. The number of nitrogens with two attached hydrogens (primary N) is 1. The molecule has 0 aliphatic carbocycles. The molecule has 0 amide bonds. The van der Waals surface area contributed by atoms with Gasteiger partial charge < -0.3 is 4.74 Å². The predicted molar refractivity (Wildman–Crippen MR) is 82.6 cm³/mol. The van der Waals surface area contributed by atoms with Crippen LogP contribution >= 0.6 is 0 Å². The molecule has 1 unspecified atom stereocenters. The van der Waals surface area contributed by atoms with Gasteiger partial charge in [-0.2, -0.15) is 0 Å². The van der Waals surface area contributed by atoms with Crippen LogP contribution in [-0.4, -0.2) is 23.8 Å². The Morgan fingerprint density at radius 1 is 1.00 bits per heavy atom. The largest absolute Gasteiger partial charge is 0.459 e. The van der Waals surface area contributed by atoms with Crippen LogP contribution in [-0.2, 0) is 0 Å². The second-order valence-corrected chi connectivity index (χ2v) is 5.68. The van der Waals surface area contributed by atoms with Gasteiger partial charge >= 0.3 is 0 Å². The van der Waals surface area contributed by atoms with Gasteiger partial charge in [0.15, 0.2) is 0 Å². The minimum Gasteiger partial charge on any atom is -0.459 e. The van der Waals surface area contributed by atoms with Gasteiger partial charge in [-0.1, -0.05) is 42.8 Å². The molecule has 1 atom stereocenters. The van der Waals surface area contributed by atoms with Gasteiger partial charge in [0.2, 0.25) is 5.85 Å². The van der Waals surface area contributed by atoms with Crippen molar-refractivity contribution in [2.24, 2.45) is 5.73 Å². The Balaban J connectivity index is 1.88. The number of ether oxygens (including phenoxy) is 1. The van der Waals surface area contributed by atoms with E-state index in [2.05, 4.69) is 23.1 Å². The number of fused-ring (bicyclic) bond motifs is 1. The van der Waals surface area contributed by atoms with Crippen molar-refractivity contribution in [3.8, 4) is 5.75 Å². The number of benzene rings is 2. The fraction of sp³-hybridized carbons (Fsp3) is 0.412. The molecule has 3 rings (SSSR count). The Hall–Kier alpha value is -1.58. The zero-order chi connectivity index (χ0) is 14.0. The Kier molecular flexibility index (Phi) is 3.64. The molecule has 1 aliphatic rings. The molecule has 3 nitrogen and oxygen atoms in total. The number of piperidine rings is 1. The van der Waals surface area contributed by atoms with Crippen molar-refractivity contribution in [3.63, 3.8) is 0 Å². The van der Waals surface area contributed by atoms with E-state index in [4.69, 9.17) is 10.5 Å². The van der Waals surface area contributed by atoms with Crippen molar-refractivity contribution >= 4 is 10.8 Å². The van der Waals surface area contributed by atoms with E-state index in [-0.39, 0.29) is 0 Å². The van der Waals surface area contributed by atoms with E-state index in [1.54, 1.807) is 0 Å². The summed E-state index contributed by atoms with van der Waals surface area (Å²) in [5.41, 5.74) is 6.42. The normalized spacial score (nSPS) is 19.7. The topological polar surface area (TPSA) is 38.5 Å². The summed E-state index contributed by atoms with van der Waals surface area (Å²) in [4.78, 5) is 2.23. The average molecular weight is 270 g/mol. The van der Waals surface area contributed by atoms with Crippen LogP contribution in [0.25, 0.3) is 10.8 Å². The van der Waals surface area contributed by atoms with Gasteiger partial charge in [-0.25, -0.2) is 0 Å². The van der Waals surface area contributed by atoms with Crippen molar-refractivity contribution in [2.45, 2.75) is 32.0 Å². The highest BCUT2D eigenvalue weighted by Crippen LogP contribution is 2.29. The molecule has 1 heterocycles. The first kappa shape index (κ1) is 13.4. The molecule has 0 spiro atoms. The number of nitrogens with zero attached hydrogens (tertiary/aromatic N) is 1. The van der Waals surface area contributed by atoms with Gasteiger partial charge in [0.25, 0.3) is 0 Å². The van der Waals surface area contributed by atoms with Crippen LogP contribution in [0.4, 0.5) is 0 Å². The molecule has 106 valence electrons. The van der Waals surface area contributed by atoms with Crippen LogP contribution in [0.1, 0.15) is 26.2 Å². The zero-order valence-electron chi connectivity index (χ0n) is 12.0. The van der Waals surface area contributed by atoms with Gasteiger partial charge in [-0.15, -0.1) is 0 Å². The first-order valence-corrected chi connectivity index (χ1v) is 7.37. The summed E-state index contributed by atoms with van der Waals surface area (Å²) in [7, 11) is 0. The number of hydrogen-bond donors (Lipinski definition) is 1. The van der Waals surface area contributed by atoms with E-state index in [0.717, 1.165) is 24.2 Å². The van der Waals surface area contributed by atoms with Gasteiger partial charge in [0.05, 0.1) is 0 Å². The molecule has 20 heavy (non-hydrogen) atoms. The molecule has 1 fully saturated rings. The standard InChI is InChI=1S/C17H22N2O/c1-17(18,19-12-5-2-6-13-19)20-16-11-7-9-14-8-3-4-10-15(14)16/h3-4,7-11H,2,5-6,12-13,18H2,1H3. The highest BCUT2D eigenvalue weighted by molar-refractivity contribution is 5.88. The first-order chi connectivity index (χ1) is 9.67. The van der Waals surface area contributed by atoms with Crippen molar-refractivity contribution in [2.75, 3.05) is 13.1 Å². The molecule has 0 aromatic heterocycles. The first-order valence-electron chi connectivity index (χ1n) is 7.37. The monoisotopic (exact) mass is 270 g/mol. The Morgan fingerprint density at radius 2 is 1.70 bits per heavy atom. The van der Waals surface area contributed by atoms with Crippen LogP contribution in [0, 0.1) is 0 Å².